The maximum atomic E-state index is 10.6. The molecule has 1 unspecified atom stereocenters. The van der Waals surface area contributed by atoms with E-state index in [1.807, 2.05) is 13.8 Å². The highest BCUT2D eigenvalue weighted by molar-refractivity contribution is 7.65. The van der Waals surface area contributed by atoms with Crippen molar-refractivity contribution >= 4 is 51.3 Å². The second-order valence-electron chi connectivity index (χ2n) is 4.75. The van der Waals surface area contributed by atoms with E-state index in [0.29, 0.717) is 30.1 Å². The van der Waals surface area contributed by atoms with Crippen molar-refractivity contribution in [2.75, 3.05) is 6.61 Å². The zero-order valence-corrected chi connectivity index (χ0v) is 16.2. The largest absolute Gasteiger partial charge is 0.490 e. The molecule has 0 saturated carbocycles. The molecule has 0 fully saturated rings. The topological polar surface area (TPSA) is 55.8 Å². The molecule has 1 rings (SSSR count). The lowest BCUT2D eigenvalue weighted by molar-refractivity contribution is -0.131. The fraction of sp³-hybridized carbons (Fsp3) is 0.400. The van der Waals surface area contributed by atoms with Crippen LogP contribution in [-0.4, -0.2) is 29.4 Å². The Kier molecular flexibility index (Phi) is 8.26. The summed E-state index contributed by atoms with van der Waals surface area (Å²) in [5, 5.41) is 8.72. The van der Waals surface area contributed by atoms with Gasteiger partial charge in [-0.2, -0.15) is 0 Å². The van der Waals surface area contributed by atoms with E-state index in [2.05, 4.69) is 0 Å². The molecule has 8 heteroatoms. The first-order valence-electron chi connectivity index (χ1n) is 7.19. The van der Waals surface area contributed by atoms with Crippen LogP contribution >= 0.6 is 33.2 Å². The van der Waals surface area contributed by atoms with E-state index in [0.717, 1.165) is 12.5 Å². The maximum Gasteiger partial charge on any atom is 0.381 e. The van der Waals surface area contributed by atoms with Crippen LogP contribution < -0.4 is 9.47 Å². The highest BCUT2D eigenvalue weighted by Crippen LogP contribution is 2.35. The first kappa shape index (κ1) is 20.2. The van der Waals surface area contributed by atoms with Gasteiger partial charge in [-0.15, -0.1) is 33.2 Å². The van der Waals surface area contributed by atoms with Crippen molar-refractivity contribution in [3.05, 3.63) is 29.8 Å². The number of carboxylic acid groups (broad SMARTS) is 1. The standard InChI is InChI=1S/C15H19Cl3O4Si/c1-3-5-15(23(16,17)18)22-13-10-11(7-9-14(19)20)6-8-12(13)21-4-2/h6-10,15H,3-5H2,1-2H3,(H,19,20)/b9-7+. The molecule has 1 aromatic rings. The summed E-state index contributed by atoms with van der Waals surface area (Å²) in [6, 6.07) is 2.06. The van der Waals surface area contributed by atoms with Gasteiger partial charge in [0, 0.05) is 6.08 Å². The Bertz CT molecular complexity index is 558. The Hall–Kier alpha value is -0.883. The van der Waals surface area contributed by atoms with Gasteiger partial charge in [0.1, 0.15) is 5.73 Å². The third kappa shape index (κ3) is 7.04. The van der Waals surface area contributed by atoms with Crippen molar-refractivity contribution in [3.63, 3.8) is 0 Å². The summed E-state index contributed by atoms with van der Waals surface area (Å²) in [6.45, 7) is 4.30. The number of hydrogen-bond acceptors (Lipinski definition) is 3. The Morgan fingerprint density at radius 3 is 2.52 bits per heavy atom. The molecule has 0 aliphatic rings. The normalized spacial score (nSPS) is 13.1. The van der Waals surface area contributed by atoms with Crippen molar-refractivity contribution in [1.82, 2.24) is 0 Å². The van der Waals surface area contributed by atoms with E-state index in [4.69, 9.17) is 47.8 Å². The average molecular weight is 398 g/mol. The molecule has 0 saturated heterocycles. The molecule has 0 heterocycles. The monoisotopic (exact) mass is 396 g/mol. The van der Waals surface area contributed by atoms with Crippen LogP contribution in [0.25, 0.3) is 6.08 Å². The van der Waals surface area contributed by atoms with E-state index in [1.54, 1.807) is 18.2 Å². The van der Waals surface area contributed by atoms with Crippen LogP contribution in [-0.2, 0) is 4.79 Å². The Labute approximate surface area is 151 Å². The number of ether oxygens (including phenoxy) is 2. The maximum absolute atomic E-state index is 10.6. The molecule has 1 aromatic carbocycles. The minimum atomic E-state index is -3.06. The van der Waals surface area contributed by atoms with Gasteiger partial charge in [0.15, 0.2) is 11.5 Å². The van der Waals surface area contributed by atoms with Crippen molar-refractivity contribution in [2.24, 2.45) is 0 Å². The van der Waals surface area contributed by atoms with Crippen molar-refractivity contribution in [2.45, 2.75) is 32.4 Å². The van der Waals surface area contributed by atoms with Gasteiger partial charge in [0.2, 0.25) is 0 Å². The summed E-state index contributed by atoms with van der Waals surface area (Å²) in [5.41, 5.74) is 0.155. The number of aliphatic carboxylic acids is 1. The lowest BCUT2D eigenvalue weighted by Gasteiger charge is -2.24. The van der Waals surface area contributed by atoms with Crippen LogP contribution in [0.15, 0.2) is 24.3 Å². The molecule has 0 aliphatic heterocycles. The fourth-order valence-corrected chi connectivity index (χ4v) is 4.13. The molecule has 128 valence electrons. The smallest absolute Gasteiger partial charge is 0.381 e. The molecule has 0 bridgehead atoms. The minimum Gasteiger partial charge on any atom is -0.490 e. The van der Waals surface area contributed by atoms with Gasteiger partial charge in [0.25, 0.3) is 0 Å². The third-order valence-corrected chi connectivity index (χ3v) is 6.20. The van der Waals surface area contributed by atoms with Crippen LogP contribution in [0.1, 0.15) is 32.3 Å². The highest BCUT2D eigenvalue weighted by Gasteiger charge is 2.38. The summed E-state index contributed by atoms with van der Waals surface area (Å²) in [4.78, 5) is 10.6. The van der Waals surface area contributed by atoms with Crippen LogP contribution in [0.5, 0.6) is 11.5 Å². The lowest BCUT2D eigenvalue weighted by Crippen LogP contribution is -2.36. The quantitative estimate of drug-likeness (QED) is 0.365. The van der Waals surface area contributed by atoms with Gasteiger partial charge in [-0.3, -0.25) is 0 Å². The molecular weight excluding hydrogens is 379 g/mol. The van der Waals surface area contributed by atoms with Gasteiger partial charge in [-0.1, -0.05) is 19.4 Å². The number of rotatable bonds is 9. The summed E-state index contributed by atoms with van der Waals surface area (Å²) >= 11 is 18.3. The lowest BCUT2D eigenvalue weighted by atomic mass is 10.2. The zero-order chi connectivity index (χ0) is 17.5. The van der Waals surface area contributed by atoms with Crippen molar-refractivity contribution in [1.29, 1.82) is 0 Å². The molecule has 0 aliphatic carbocycles. The van der Waals surface area contributed by atoms with E-state index < -0.39 is 17.7 Å². The molecule has 0 amide bonds. The van der Waals surface area contributed by atoms with Crippen LogP contribution in [0, 0.1) is 0 Å². The molecule has 0 radical (unpaired) electrons. The SMILES string of the molecule is CCCC(Oc1cc(/C=C/C(=O)O)ccc1OCC)[Si](Cl)(Cl)Cl. The van der Waals surface area contributed by atoms with Gasteiger partial charge in [-0.25, -0.2) is 4.79 Å². The molecule has 23 heavy (non-hydrogen) atoms. The summed E-state index contributed by atoms with van der Waals surface area (Å²) in [6.07, 6.45) is 3.94. The van der Waals surface area contributed by atoms with Crippen LogP contribution in [0.3, 0.4) is 0 Å². The molecule has 1 N–H and O–H groups in total. The molecular formula is C15H19Cl3O4Si. The number of hydrogen-bond donors (Lipinski definition) is 1. The van der Waals surface area contributed by atoms with Crippen LogP contribution in [0.4, 0.5) is 0 Å². The minimum absolute atomic E-state index is 0.441. The van der Waals surface area contributed by atoms with Crippen LogP contribution in [0.2, 0.25) is 0 Å². The van der Waals surface area contributed by atoms with Gasteiger partial charge in [0.05, 0.1) is 6.61 Å². The second kappa shape index (κ2) is 9.42. The first-order chi connectivity index (χ1) is 10.8. The third-order valence-electron chi connectivity index (χ3n) is 2.87. The summed E-state index contributed by atoms with van der Waals surface area (Å²) < 4.78 is 11.4. The predicted octanol–water partition coefficient (Wildman–Crippen LogP) is 4.93. The Morgan fingerprint density at radius 2 is 2.00 bits per heavy atom. The van der Waals surface area contributed by atoms with E-state index in [-0.39, 0.29) is 0 Å². The second-order valence-corrected chi connectivity index (χ2v) is 13.6. The van der Waals surface area contributed by atoms with Gasteiger partial charge >= 0.3 is 12.0 Å². The number of carbonyl (C=O) groups is 1. The first-order valence-corrected chi connectivity index (χ1v) is 12.3. The predicted molar refractivity (Wildman–Crippen MR) is 96.9 cm³/mol. The van der Waals surface area contributed by atoms with Gasteiger partial charge in [-0.05, 0) is 37.1 Å². The summed E-state index contributed by atoms with van der Waals surface area (Å²) in [7, 11) is 0. The summed E-state index contributed by atoms with van der Waals surface area (Å²) in [5.74, 6) is -0.0556. The van der Waals surface area contributed by atoms with E-state index in [9.17, 15) is 4.79 Å². The molecule has 4 nitrogen and oxygen atoms in total. The van der Waals surface area contributed by atoms with Gasteiger partial charge < -0.3 is 14.6 Å². The van der Waals surface area contributed by atoms with Crippen molar-refractivity contribution in [3.8, 4) is 11.5 Å². The molecule has 0 spiro atoms. The van der Waals surface area contributed by atoms with E-state index >= 15 is 0 Å². The average Bonchev–Trinajstić information content (AvgIpc) is 2.46. The fourth-order valence-electron chi connectivity index (χ4n) is 1.87. The number of carboxylic acids is 1. The number of halogens is 3. The van der Waals surface area contributed by atoms with E-state index in [1.165, 1.54) is 6.08 Å². The molecule has 0 aromatic heterocycles. The number of benzene rings is 1. The molecule has 1 atom stereocenters. The van der Waals surface area contributed by atoms with Crippen molar-refractivity contribution < 1.29 is 19.4 Å². The Balaban J connectivity index is 3.12. The zero-order valence-electron chi connectivity index (χ0n) is 12.9. The Morgan fingerprint density at radius 1 is 1.30 bits per heavy atom. The highest BCUT2D eigenvalue weighted by atomic mass is 35.8.